The molecule has 26 heavy (non-hydrogen) atoms. The number of fused-ring (bicyclic) bond motifs is 2. The molecule has 3 nitrogen and oxygen atoms in total. The topological polar surface area (TPSA) is 29.9 Å². The zero-order valence-electron chi connectivity index (χ0n) is 14.5. The van der Waals surface area contributed by atoms with Gasteiger partial charge in [-0.15, -0.1) is 0 Å². The standard InChI is InChI=1S/C22H18ClN3/c1-14-19(23)7-4-8-20(14)26-22-18(11-12-24-22)21(25-26)17-10-9-15-5-2-3-6-16(15)13-17/h2-10,13,24H,11-12H2,1H3. The van der Waals surface area contributed by atoms with Crippen LogP contribution in [0.4, 0.5) is 5.82 Å². The van der Waals surface area contributed by atoms with Crippen LogP contribution in [0.15, 0.2) is 60.7 Å². The van der Waals surface area contributed by atoms with E-state index in [1.165, 1.54) is 16.3 Å². The monoisotopic (exact) mass is 359 g/mol. The molecule has 1 aromatic heterocycles. The van der Waals surface area contributed by atoms with Crippen LogP contribution < -0.4 is 5.32 Å². The van der Waals surface area contributed by atoms with Crippen LogP contribution in [0, 0.1) is 6.92 Å². The van der Waals surface area contributed by atoms with Crippen molar-refractivity contribution in [2.24, 2.45) is 0 Å². The highest BCUT2D eigenvalue weighted by atomic mass is 35.5. The van der Waals surface area contributed by atoms with Crippen molar-refractivity contribution in [2.75, 3.05) is 11.9 Å². The molecular formula is C22H18ClN3. The summed E-state index contributed by atoms with van der Waals surface area (Å²) in [6.07, 6.45) is 0.983. The van der Waals surface area contributed by atoms with Crippen molar-refractivity contribution < 1.29 is 0 Å². The molecule has 0 atom stereocenters. The summed E-state index contributed by atoms with van der Waals surface area (Å²) in [5.74, 6) is 1.08. The fourth-order valence-electron chi connectivity index (χ4n) is 3.74. The van der Waals surface area contributed by atoms with Gasteiger partial charge in [-0.25, -0.2) is 4.68 Å². The van der Waals surface area contributed by atoms with Gasteiger partial charge in [-0.1, -0.05) is 54.1 Å². The number of nitrogens with one attached hydrogen (secondary N) is 1. The van der Waals surface area contributed by atoms with Gasteiger partial charge in [0.15, 0.2) is 0 Å². The summed E-state index contributed by atoms with van der Waals surface area (Å²) in [6, 6.07) is 21.0. The van der Waals surface area contributed by atoms with E-state index < -0.39 is 0 Å². The number of anilines is 1. The maximum atomic E-state index is 6.34. The Morgan fingerprint density at radius 3 is 2.73 bits per heavy atom. The molecule has 0 fully saturated rings. The van der Waals surface area contributed by atoms with Crippen LogP contribution >= 0.6 is 11.6 Å². The smallest absolute Gasteiger partial charge is 0.133 e. The van der Waals surface area contributed by atoms with E-state index in [4.69, 9.17) is 16.7 Å². The molecule has 0 spiro atoms. The van der Waals surface area contributed by atoms with Crippen molar-refractivity contribution in [3.8, 4) is 16.9 Å². The van der Waals surface area contributed by atoms with Gasteiger partial charge in [0.2, 0.25) is 0 Å². The van der Waals surface area contributed by atoms with Crippen molar-refractivity contribution in [1.29, 1.82) is 0 Å². The third-order valence-corrected chi connectivity index (χ3v) is 5.55. The first-order valence-corrected chi connectivity index (χ1v) is 9.20. The Bertz CT molecular complexity index is 1140. The molecule has 1 aliphatic heterocycles. The molecule has 5 rings (SSSR count). The predicted molar refractivity (Wildman–Crippen MR) is 108 cm³/mol. The fraction of sp³-hybridized carbons (Fsp3) is 0.136. The zero-order valence-corrected chi connectivity index (χ0v) is 15.2. The molecule has 3 aromatic carbocycles. The Labute approximate surface area is 157 Å². The first-order chi connectivity index (χ1) is 12.7. The van der Waals surface area contributed by atoms with Crippen molar-refractivity contribution in [3.63, 3.8) is 0 Å². The lowest BCUT2D eigenvalue weighted by atomic mass is 10.0. The lowest BCUT2D eigenvalue weighted by Crippen LogP contribution is -2.05. The summed E-state index contributed by atoms with van der Waals surface area (Å²) in [5, 5.41) is 11.7. The average Bonchev–Trinajstić information content (AvgIpc) is 3.26. The van der Waals surface area contributed by atoms with Gasteiger partial charge in [0, 0.05) is 22.7 Å². The van der Waals surface area contributed by atoms with Crippen LogP contribution in [0.25, 0.3) is 27.7 Å². The molecule has 1 aliphatic rings. The second kappa shape index (κ2) is 5.89. The van der Waals surface area contributed by atoms with E-state index in [2.05, 4.69) is 53.8 Å². The Morgan fingerprint density at radius 2 is 1.85 bits per heavy atom. The fourth-order valence-corrected chi connectivity index (χ4v) is 3.91. The molecule has 0 saturated carbocycles. The van der Waals surface area contributed by atoms with Crippen LogP contribution in [0.1, 0.15) is 11.1 Å². The molecule has 0 bridgehead atoms. The van der Waals surface area contributed by atoms with Crippen molar-refractivity contribution in [2.45, 2.75) is 13.3 Å². The maximum absolute atomic E-state index is 6.34. The van der Waals surface area contributed by atoms with E-state index in [9.17, 15) is 0 Å². The molecule has 0 radical (unpaired) electrons. The summed E-state index contributed by atoms with van der Waals surface area (Å²) in [6.45, 7) is 2.98. The molecule has 4 heteroatoms. The van der Waals surface area contributed by atoms with Crippen molar-refractivity contribution in [1.82, 2.24) is 9.78 Å². The Kier molecular flexibility index (Phi) is 3.50. The van der Waals surface area contributed by atoms with E-state index >= 15 is 0 Å². The summed E-state index contributed by atoms with van der Waals surface area (Å²) in [5.41, 5.74) is 5.55. The van der Waals surface area contributed by atoms with E-state index in [0.29, 0.717) is 0 Å². The maximum Gasteiger partial charge on any atom is 0.133 e. The molecule has 0 unspecified atom stereocenters. The summed E-state index contributed by atoms with van der Waals surface area (Å²) >= 11 is 6.34. The molecule has 128 valence electrons. The number of hydrogen-bond acceptors (Lipinski definition) is 2. The summed E-state index contributed by atoms with van der Waals surface area (Å²) in [4.78, 5) is 0. The van der Waals surface area contributed by atoms with Gasteiger partial charge >= 0.3 is 0 Å². The normalized spacial score (nSPS) is 13.0. The van der Waals surface area contributed by atoms with Gasteiger partial charge in [-0.05, 0) is 47.9 Å². The molecule has 2 heterocycles. The molecule has 0 aliphatic carbocycles. The first kappa shape index (κ1) is 15.5. The van der Waals surface area contributed by atoms with Gasteiger partial charge in [-0.3, -0.25) is 0 Å². The molecule has 1 N–H and O–H groups in total. The predicted octanol–water partition coefficient (Wildman–Crippen LogP) is 5.62. The SMILES string of the molecule is Cc1c(Cl)cccc1-n1nc(-c2ccc3ccccc3c2)c2c1NCC2. The quantitative estimate of drug-likeness (QED) is 0.503. The molecule has 4 aromatic rings. The summed E-state index contributed by atoms with van der Waals surface area (Å²) < 4.78 is 2.01. The van der Waals surface area contributed by atoms with Gasteiger partial charge in [0.1, 0.15) is 5.82 Å². The van der Waals surface area contributed by atoms with Gasteiger partial charge in [0.05, 0.1) is 11.4 Å². The number of benzene rings is 3. The van der Waals surface area contributed by atoms with Crippen LogP contribution in [0.3, 0.4) is 0 Å². The minimum atomic E-state index is 0.761. The second-order valence-corrected chi connectivity index (χ2v) is 7.12. The minimum absolute atomic E-state index is 0.761. The van der Waals surface area contributed by atoms with E-state index in [1.807, 2.05) is 23.7 Å². The van der Waals surface area contributed by atoms with E-state index in [-0.39, 0.29) is 0 Å². The van der Waals surface area contributed by atoms with Crippen LogP contribution in [-0.2, 0) is 6.42 Å². The molecular weight excluding hydrogens is 342 g/mol. The number of halogens is 1. The molecule has 0 amide bonds. The molecule has 0 saturated heterocycles. The van der Waals surface area contributed by atoms with Crippen LogP contribution in [-0.4, -0.2) is 16.3 Å². The highest BCUT2D eigenvalue weighted by Crippen LogP contribution is 2.36. The summed E-state index contributed by atoms with van der Waals surface area (Å²) in [7, 11) is 0. The van der Waals surface area contributed by atoms with E-state index in [0.717, 1.165) is 46.3 Å². The zero-order chi connectivity index (χ0) is 17.7. The Morgan fingerprint density at radius 1 is 1.00 bits per heavy atom. The van der Waals surface area contributed by atoms with Crippen molar-refractivity contribution >= 4 is 28.2 Å². The third-order valence-electron chi connectivity index (χ3n) is 5.14. The minimum Gasteiger partial charge on any atom is -0.369 e. The van der Waals surface area contributed by atoms with Gasteiger partial charge in [0.25, 0.3) is 0 Å². The highest BCUT2D eigenvalue weighted by molar-refractivity contribution is 6.31. The highest BCUT2D eigenvalue weighted by Gasteiger charge is 2.24. The number of nitrogens with zero attached hydrogens (tertiary/aromatic N) is 2. The first-order valence-electron chi connectivity index (χ1n) is 8.83. The van der Waals surface area contributed by atoms with Crippen LogP contribution in [0.5, 0.6) is 0 Å². The van der Waals surface area contributed by atoms with Gasteiger partial charge in [-0.2, -0.15) is 5.10 Å². The lowest BCUT2D eigenvalue weighted by molar-refractivity contribution is 0.875. The van der Waals surface area contributed by atoms with Crippen molar-refractivity contribution in [3.05, 3.63) is 76.8 Å². The Hall–Kier alpha value is -2.78. The Balaban J connectivity index is 1.72. The van der Waals surface area contributed by atoms with E-state index in [1.54, 1.807) is 0 Å². The van der Waals surface area contributed by atoms with Crippen LogP contribution in [0.2, 0.25) is 5.02 Å². The average molecular weight is 360 g/mol. The number of hydrogen-bond donors (Lipinski definition) is 1. The lowest BCUT2D eigenvalue weighted by Gasteiger charge is -2.10. The largest absolute Gasteiger partial charge is 0.369 e. The number of rotatable bonds is 2. The second-order valence-electron chi connectivity index (χ2n) is 6.71. The number of aromatic nitrogens is 2. The van der Waals surface area contributed by atoms with Gasteiger partial charge < -0.3 is 5.32 Å². The third kappa shape index (κ3) is 2.31.